The van der Waals surface area contributed by atoms with Crippen molar-refractivity contribution >= 4 is 34.0 Å². The van der Waals surface area contributed by atoms with E-state index in [4.69, 9.17) is 4.74 Å². The lowest BCUT2D eigenvalue weighted by Crippen LogP contribution is -2.56. The van der Waals surface area contributed by atoms with Crippen LogP contribution in [-0.4, -0.2) is 27.6 Å². The van der Waals surface area contributed by atoms with E-state index in [0.717, 1.165) is 17.8 Å². The summed E-state index contributed by atoms with van der Waals surface area (Å²) in [7, 11) is 0. The molecule has 2 amide bonds. The van der Waals surface area contributed by atoms with E-state index in [1.54, 1.807) is 24.3 Å². The van der Waals surface area contributed by atoms with Gasteiger partial charge in [0.2, 0.25) is 5.13 Å². The van der Waals surface area contributed by atoms with Crippen molar-refractivity contribution < 1.29 is 14.3 Å². The summed E-state index contributed by atoms with van der Waals surface area (Å²) in [5.74, 6) is -0.154. The van der Waals surface area contributed by atoms with Crippen molar-refractivity contribution in [2.45, 2.75) is 31.3 Å². The molecule has 1 aromatic heterocycles. The highest BCUT2D eigenvalue weighted by Crippen LogP contribution is 2.42. The Morgan fingerprint density at radius 3 is 2.96 bits per heavy atom. The van der Waals surface area contributed by atoms with Gasteiger partial charge in [-0.25, -0.2) is 0 Å². The molecule has 1 unspecified atom stereocenters. The largest absolute Gasteiger partial charge is 0.466 e. The Morgan fingerprint density at radius 1 is 1.39 bits per heavy atom. The molecular formula is C15H14N4O3S. The van der Waals surface area contributed by atoms with E-state index in [9.17, 15) is 9.59 Å². The summed E-state index contributed by atoms with van der Waals surface area (Å²) in [6.45, 7) is 1.44. The molecule has 1 aromatic carbocycles. The predicted octanol–water partition coefficient (Wildman–Crippen LogP) is 2.14. The van der Waals surface area contributed by atoms with Crippen LogP contribution in [0.3, 0.4) is 0 Å². The van der Waals surface area contributed by atoms with E-state index >= 15 is 0 Å². The zero-order valence-corrected chi connectivity index (χ0v) is 13.1. The van der Waals surface area contributed by atoms with Gasteiger partial charge < -0.3 is 10.1 Å². The summed E-state index contributed by atoms with van der Waals surface area (Å²) in [6.07, 6.45) is 2.23. The summed E-state index contributed by atoms with van der Waals surface area (Å²) in [5.41, 5.74) is -1.10. The van der Waals surface area contributed by atoms with Crippen LogP contribution in [0.1, 0.15) is 30.7 Å². The van der Waals surface area contributed by atoms with Gasteiger partial charge in [-0.2, -0.15) is 0 Å². The summed E-state index contributed by atoms with van der Waals surface area (Å²) in [5, 5.41) is 14.7. The Kier molecular flexibility index (Phi) is 3.08. The van der Waals surface area contributed by atoms with Crippen LogP contribution in [-0.2, 0) is 9.59 Å². The van der Waals surface area contributed by atoms with Crippen LogP contribution in [0, 0.1) is 0 Å². The first-order valence-electron chi connectivity index (χ1n) is 7.30. The maximum Gasteiger partial charge on any atom is 0.280 e. The summed E-state index contributed by atoms with van der Waals surface area (Å²) < 4.78 is 5.66. The van der Waals surface area contributed by atoms with Crippen LogP contribution >= 0.6 is 11.3 Å². The number of nitrogens with zero attached hydrogens (tertiary/aromatic N) is 2. The van der Waals surface area contributed by atoms with Gasteiger partial charge in [-0.1, -0.05) is 23.5 Å². The number of hydrogen-bond donors (Lipinski definition) is 2. The average Bonchev–Trinajstić information content (AvgIpc) is 3.28. The van der Waals surface area contributed by atoms with Crippen molar-refractivity contribution in [3.8, 4) is 5.75 Å². The van der Waals surface area contributed by atoms with Gasteiger partial charge >= 0.3 is 0 Å². The first-order valence-corrected chi connectivity index (χ1v) is 8.12. The fraction of sp³-hybridized carbons (Fsp3) is 0.333. The Hall–Kier alpha value is -2.48. The smallest absolute Gasteiger partial charge is 0.280 e. The number of carbonyl (C=O) groups excluding carboxylic acids is 2. The third kappa shape index (κ3) is 2.44. The second-order valence-electron chi connectivity index (χ2n) is 5.76. The molecule has 2 heterocycles. The van der Waals surface area contributed by atoms with Crippen molar-refractivity contribution in [2.24, 2.45) is 0 Å². The number of anilines is 2. The molecule has 23 heavy (non-hydrogen) atoms. The zero-order valence-electron chi connectivity index (χ0n) is 12.3. The topological polar surface area (TPSA) is 93.2 Å². The van der Waals surface area contributed by atoms with Crippen molar-refractivity contribution in [3.05, 3.63) is 29.3 Å². The molecule has 0 spiro atoms. The molecule has 1 aliphatic heterocycles. The zero-order chi connectivity index (χ0) is 16.0. The van der Waals surface area contributed by atoms with E-state index in [-0.39, 0.29) is 0 Å². The minimum atomic E-state index is -1.65. The third-order valence-corrected chi connectivity index (χ3v) is 4.90. The van der Waals surface area contributed by atoms with Crippen molar-refractivity contribution in [2.75, 3.05) is 10.6 Å². The number of hydrogen-bond acceptors (Lipinski definition) is 6. The lowest BCUT2D eigenvalue weighted by molar-refractivity contribution is -0.143. The Bertz CT molecular complexity index is 802. The van der Waals surface area contributed by atoms with Crippen LogP contribution in [0.25, 0.3) is 0 Å². The van der Waals surface area contributed by atoms with E-state index < -0.39 is 17.4 Å². The molecule has 2 aromatic rings. The molecule has 0 bridgehead atoms. The first kappa shape index (κ1) is 14.1. The summed E-state index contributed by atoms with van der Waals surface area (Å²) in [6, 6.07) is 6.99. The van der Waals surface area contributed by atoms with E-state index in [0.29, 0.717) is 22.5 Å². The number of para-hydroxylation sites is 2. The van der Waals surface area contributed by atoms with Crippen molar-refractivity contribution in [3.63, 3.8) is 0 Å². The second kappa shape index (κ2) is 5.02. The molecule has 2 N–H and O–H groups in total. The minimum absolute atomic E-state index is 0.383. The first-order chi connectivity index (χ1) is 11.1. The predicted molar refractivity (Wildman–Crippen MR) is 84.6 cm³/mol. The third-order valence-electron chi connectivity index (χ3n) is 3.90. The Labute approximate surface area is 136 Å². The molecule has 1 atom stereocenters. The van der Waals surface area contributed by atoms with Crippen LogP contribution in [0.2, 0.25) is 0 Å². The second-order valence-corrected chi connectivity index (χ2v) is 6.77. The highest BCUT2D eigenvalue weighted by molar-refractivity contribution is 7.15. The fourth-order valence-electron chi connectivity index (χ4n) is 2.31. The SMILES string of the molecule is CC1(C(=O)Nc2nnc(C3CC3)s2)Oc2ccccc2NC1=O. The minimum Gasteiger partial charge on any atom is -0.466 e. The molecule has 8 heteroatoms. The quantitative estimate of drug-likeness (QED) is 0.841. The number of amides is 2. The maximum atomic E-state index is 12.5. The lowest BCUT2D eigenvalue weighted by atomic mass is 10.0. The molecule has 2 aliphatic rings. The number of ether oxygens (including phenoxy) is 1. The van der Waals surface area contributed by atoms with Gasteiger partial charge in [-0.3, -0.25) is 14.9 Å². The molecule has 7 nitrogen and oxygen atoms in total. The Morgan fingerprint density at radius 2 is 2.17 bits per heavy atom. The maximum absolute atomic E-state index is 12.5. The molecule has 1 saturated carbocycles. The molecule has 4 rings (SSSR count). The summed E-state index contributed by atoms with van der Waals surface area (Å²) in [4.78, 5) is 24.9. The molecular weight excluding hydrogens is 316 g/mol. The van der Waals surface area contributed by atoms with Gasteiger partial charge in [-0.05, 0) is 31.9 Å². The van der Waals surface area contributed by atoms with Crippen LogP contribution in [0.4, 0.5) is 10.8 Å². The number of aromatic nitrogens is 2. The van der Waals surface area contributed by atoms with Gasteiger partial charge in [0.05, 0.1) is 5.69 Å². The van der Waals surface area contributed by atoms with Crippen LogP contribution < -0.4 is 15.4 Å². The molecule has 0 saturated heterocycles. The van der Waals surface area contributed by atoms with E-state index in [1.807, 2.05) is 0 Å². The van der Waals surface area contributed by atoms with Crippen LogP contribution in [0.5, 0.6) is 5.75 Å². The molecule has 118 valence electrons. The van der Waals surface area contributed by atoms with Gasteiger partial charge in [0.25, 0.3) is 17.4 Å². The Balaban J connectivity index is 1.55. The number of rotatable bonds is 3. The number of carbonyl (C=O) groups is 2. The standard InChI is InChI=1S/C15H14N4O3S/c1-15(12(20)16-9-4-2-3-5-10(9)22-15)13(21)17-14-19-18-11(23-14)8-6-7-8/h2-5,8H,6-7H2,1H3,(H,16,20)(H,17,19,21). The van der Waals surface area contributed by atoms with Gasteiger partial charge in [0.1, 0.15) is 10.8 Å². The number of nitrogens with one attached hydrogen (secondary N) is 2. The monoisotopic (exact) mass is 330 g/mol. The number of benzene rings is 1. The highest BCUT2D eigenvalue weighted by atomic mass is 32.1. The van der Waals surface area contributed by atoms with E-state index in [2.05, 4.69) is 20.8 Å². The fourth-order valence-corrected chi connectivity index (χ4v) is 3.22. The van der Waals surface area contributed by atoms with Crippen molar-refractivity contribution in [1.82, 2.24) is 10.2 Å². The number of fused-ring (bicyclic) bond motifs is 1. The van der Waals surface area contributed by atoms with Gasteiger partial charge in [0.15, 0.2) is 0 Å². The van der Waals surface area contributed by atoms with E-state index in [1.165, 1.54) is 18.3 Å². The van der Waals surface area contributed by atoms with Gasteiger partial charge in [0, 0.05) is 5.92 Å². The summed E-state index contributed by atoms with van der Waals surface area (Å²) >= 11 is 1.34. The molecule has 0 radical (unpaired) electrons. The average molecular weight is 330 g/mol. The van der Waals surface area contributed by atoms with Crippen LogP contribution in [0.15, 0.2) is 24.3 Å². The highest BCUT2D eigenvalue weighted by Gasteiger charge is 2.47. The molecule has 1 aliphatic carbocycles. The molecule has 1 fully saturated rings. The van der Waals surface area contributed by atoms with Crippen molar-refractivity contribution in [1.29, 1.82) is 0 Å². The normalized spacial score (nSPS) is 22.7. The van der Waals surface area contributed by atoms with Gasteiger partial charge in [-0.15, -0.1) is 10.2 Å². The lowest BCUT2D eigenvalue weighted by Gasteiger charge is -2.32.